The molecule has 0 aliphatic rings. The predicted molar refractivity (Wildman–Crippen MR) is 85.5 cm³/mol. The van der Waals surface area contributed by atoms with Gasteiger partial charge in [0.05, 0.1) is 5.69 Å². The molecule has 0 amide bonds. The molecule has 0 aliphatic carbocycles. The summed E-state index contributed by atoms with van der Waals surface area (Å²) in [6.07, 6.45) is 7.67. The molecule has 1 N–H and O–H groups in total. The topological polar surface area (TPSA) is 55.6 Å². The summed E-state index contributed by atoms with van der Waals surface area (Å²) < 4.78 is 2.15. The normalized spacial score (nSPS) is 10.8. The summed E-state index contributed by atoms with van der Waals surface area (Å²) in [5, 5.41) is 3.36. The molecular weight excluding hydrogens is 262 g/mol. The lowest BCUT2D eigenvalue weighted by Gasteiger charge is -2.10. The third-order valence-electron chi connectivity index (χ3n) is 3.34. The lowest BCUT2D eigenvalue weighted by atomic mass is 10.2. The molecule has 21 heavy (non-hydrogen) atoms. The monoisotopic (exact) mass is 287 g/mol. The van der Waals surface area contributed by atoms with E-state index < -0.39 is 0 Å². The molecule has 2 rings (SSSR count). The molecule has 5 nitrogen and oxygen atoms in total. The molecule has 5 heteroatoms. The van der Waals surface area contributed by atoms with Crippen LogP contribution in [0.2, 0.25) is 0 Å². The minimum atomic E-state index is 0.751. The molecule has 0 unspecified atom stereocenters. The third-order valence-corrected chi connectivity index (χ3v) is 3.34. The van der Waals surface area contributed by atoms with Gasteiger partial charge in [0.25, 0.3) is 0 Å². The second-order valence-corrected chi connectivity index (χ2v) is 5.14. The van der Waals surface area contributed by atoms with Gasteiger partial charge in [0, 0.05) is 44.4 Å². The molecule has 2 aromatic rings. The van der Waals surface area contributed by atoms with E-state index in [-0.39, 0.29) is 0 Å². The van der Waals surface area contributed by atoms with Gasteiger partial charge >= 0.3 is 0 Å². The Morgan fingerprint density at radius 3 is 2.71 bits per heavy atom. The van der Waals surface area contributed by atoms with Gasteiger partial charge in [-0.1, -0.05) is 13.8 Å². The molecule has 2 aromatic heterocycles. The summed E-state index contributed by atoms with van der Waals surface area (Å²) in [5.41, 5.74) is 1.04. The molecule has 0 spiro atoms. The average Bonchev–Trinajstić information content (AvgIpc) is 2.92. The maximum atomic E-state index is 4.68. The van der Waals surface area contributed by atoms with E-state index in [2.05, 4.69) is 45.6 Å². The highest BCUT2D eigenvalue weighted by Crippen LogP contribution is 2.12. The van der Waals surface area contributed by atoms with Gasteiger partial charge in [0.15, 0.2) is 0 Å². The van der Waals surface area contributed by atoms with Crippen LogP contribution in [0.3, 0.4) is 0 Å². The Labute approximate surface area is 126 Å². The Morgan fingerprint density at radius 1 is 1.14 bits per heavy atom. The van der Waals surface area contributed by atoms with Crippen LogP contribution in [0.1, 0.15) is 51.0 Å². The number of nitrogens with zero attached hydrogens (tertiary/aromatic N) is 4. The molecule has 0 aliphatic heterocycles. The Morgan fingerprint density at radius 2 is 2.00 bits per heavy atom. The Hall–Kier alpha value is -1.91. The maximum absolute atomic E-state index is 4.68. The Balaban J connectivity index is 2.22. The van der Waals surface area contributed by atoms with E-state index >= 15 is 0 Å². The number of aryl methyl sites for hydroxylation is 2. The summed E-state index contributed by atoms with van der Waals surface area (Å²) in [7, 11) is 0. The van der Waals surface area contributed by atoms with Crippen LogP contribution in [0.4, 0.5) is 5.82 Å². The standard InChI is InChI=1S/C16H25N5/c1-4-7-14-19-13(11-15(20-14)17-8-5-2)12-16-18-9-10-21(16)6-3/h9-11H,4-8,12H2,1-3H3,(H,17,19,20). The fourth-order valence-corrected chi connectivity index (χ4v) is 2.28. The molecule has 0 saturated carbocycles. The fourth-order valence-electron chi connectivity index (χ4n) is 2.28. The Kier molecular flexibility index (Phi) is 5.72. The minimum absolute atomic E-state index is 0.751. The first-order chi connectivity index (χ1) is 10.3. The number of nitrogens with one attached hydrogen (secondary N) is 1. The summed E-state index contributed by atoms with van der Waals surface area (Å²) in [6, 6.07) is 2.05. The average molecular weight is 287 g/mol. The van der Waals surface area contributed by atoms with Crippen LogP contribution in [-0.4, -0.2) is 26.1 Å². The highest BCUT2D eigenvalue weighted by atomic mass is 15.1. The van der Waals surface area contributed by atoms with Crippen molar-refractivity contribution in [2.75, 3.05) is 11.9 Å². The van der Waals surface area contributed by atoms with Crippen LogP contribution < -0.4 is 5.32 Å². The molecule has 0 atom stereocenters. The first-order valence-electron chi connectivity index (χ1n) is 7.87. The Bertz CT molecular complexity index is 562. The zero-order valence-corrected chi connectivity index (χ0v) is 13.3. The molecule has 2 heterocycles. The van der Waals surface area contributed by atoms with Gasteiger partial charge in [-0.25, -0.2) is 15.0 Å². The van der Waals surface area contributed by atoms with Gasteiger partial charge < -0.3 is 9.88 Å². The van der Waals surface area contributed by atoms with Crippen molar-refractivity contribution in [2.45, 2.75) is 53.0 Å². The second kappa shape index (κ2) is 7.76. The van der Waals surface area contributed by atoms with Crippen LogP contribution in [-0.2, 0) is 19.4 Å². The van der Waals surface area contributed by atoms with E-state index in [0.29, 0.717) is 0 Å². The van der Waals surface area contributed by atoms with Crippen LogP contribution in [0.15, 0.2) is 18.5 Å². The van der Waals surface area contributed by atoms with Crippen molar-refractivity contribution in [1.29, 1.82) is 0 Å². The van der Waals surface area contributed by atoms with Gasteiger partial charge in [-0.05, 0) is 19.8 Å². The van der Waals surface area contributed by atoms with Crippen molar-refractivity contribution in [3.63, 3.8) is 0 Å². The van der Waals surface area contributed by atoms with Crippen LogP contribution in [0.25, 0.3) is 0 Å². The largest absolute Gasteiger partial charge is 0.370 e. The van der Waals surface area contributed by atoms with Crippen molar-refractivity contribution in [1.82, 2.24) is 19.5 Å². The van der Waals surface area contributed by atoms with E-state index in [1.165, 1.54) is 0 Å². The first-order valence-corrected chi connectivity index (χ1v) is 7.87. The van der Waals surface area contributed by atoms with E-state index in [9.17, 15) is 0 Å². The van der Waals surface area contributed by atoms with Crippen molar-refractivity contribution in [3.05, 3.63) is 35.8 Å². The number of aromatic nitrogens is 4. The number of rotatable bonds is 8. The molecule has 0 radical (unpaired) electrons. The minimum Gasteiger partial charge on any atom is -0.370 e. The number of hydrogen-bond donors (Lipinski definition) is 1. The molecule has 0 bridgehead atoms. The van der Waals surface area contributed by atoms with Crippen LogP contribution >= 0.6 is 0 Å². The molecule has 0 aromatic carbocycles. The third kappa shape index (κ3) is 4.28. The van der Waals surface area contributed by atoms with E-state index in [4.69, 9.17) is 0 Å². The van der Waals surface area contributed by atoms with Gasteiger partial charge in [0.2, 0.25) is 0 Å². The molecular formula is C16H25N5. The van der Waals surface area contributed by atoms with Crippen LogP contribution in [0, 0.1) is 0 Å². The van der Waals surface area contributed by atoms with Gasteiger partial charge in [-0.15, -0.1) is 0 Å². The van der Waals surface area contributed by atoms with Gasteiger partial charge in [-0.3, -0.25) is 0 Å². The van der Waals surface area contributed by atoms with Crippen molar-refractivity contribution in [3.8, 4) is 0 Å². The van der Waals surface area contributed by atoms with E-state index in [1.807, 2.05) is 18.5 Å². The smallest absolute Gasteiger partial charge is 0.131 e. The second-order valence-electron chi connectivity index (χ2n) is 5.14. The summed E-state index contributed by atoms with van der Waals surface area (Å²) in [4.78, 5) is 13.7. The summed E-state index contributed by atoms with van der Waals surface area (Å²) >= 11 is 0. The zero-order chi connectivity index (χ0) is 15.1. The van der Waals surface area contributed by atoms with Crippen molar-refractivity contribution in [2.24, 2.45) is 0 Å². The van der Waals surface area contributed by atoms with Gasteiger partial charge in [0.1, 0.15) is 17.5 Å². The lowest BCUT2D eigenvalue weighted by Crippen LogP contribution is -2.09. The summed E-state index contributed by atoms with van der Waals surface area (Å²) in [6.45, 7) is 8.30. The first kappa shape index (κ1) is 15.5. The highest BCUT2D eigenvalue weighted by Gasteiger charge is 2.08. The van der Waals surface area contributed by atoms with Crippen molar-refractivity contribution >= 4 is 5.82 Å². The maximum Gasteiger partial charge on any atom is 0.131 e. The van der Waals surface area contributed by atoms with E-state index in [1.54, 1.807) is 0 Å². The zero-order valence-electron chi connectivity index (χ0n) is 13.3. The number of imidazole rings is 1. The van der Waals surface area contributed by atoms with Gasteiger partial charge in [-0.2, -0.15) is 0 Å². The van der Waals surface area contributed by atoms with E-state index in [0.717, 1.165) is 61.9 Å². The SMILES string of the molecule is CCCNc1cc(Cc2nccn2CC)nc(CCC)n1. The van der Waals surface area contributed by atoms with Crippen LogP contribution in [0.5, 0.6) is 0 Å². The predicted octanol–water partition coefficient (Wildman–Crippen LogP) is 3.06. The number of anilines is 1. The molecule has 114 valence electrons. The molecule has 0 fully saturated rings. The fraction of sp³-hybridized carbons (Fsp3) is 0.562. The molecule has 0 saturated heterocycles. The summed E-state index contributed by atoms with van der Waals surface area (Å²) in [5.74, 6) is 2.91. The lowest BCUT2D eigenvalue weighted by molar-refractivity contribution is 0.704. The highest BCUT2D eigenvalue weighted by molar-refractivity contribution is 5.36. The number of hydrogen-bond acceptors (Lipinski definition) is 4. The van der Waals surface area contributed by atoms with Crippen molar-refractivity contribution < 1.29 is 0 Å². The quantitative estimate of drug-likeness (QED) is 0.810.